The van der Waals surface area contributed by atoms with E-state index in [0.717, 1.165) is 5.56 Å². The SMILES string of the molecule is COc1ccc(/C=c2\sc3nnc(C)n3c2=O)c(OC)c1. The second kappa shape index (κ2) is 5.17. The lowest BCUT2D eigenvalue weighted by Crippen LogP contribution is -2.23. The minimum Gasteiger partial charge on any atom is -0.497 e. The van der Waals surface area contributed by atoms with Crippen molar-refractivity contribution in [3.63, 3.8) is 0 Å². The zero-order valence-corrected chi connectivity index (χ0v) is 12.6. The number of rotatable bonds is 3. The summed E-state index contributed by atoms with van der Waals surface area (Å²) >= 11 is 1.30. The molecule has 2 heterocycles. The molecule has 6 nitrogen and oxygen atoms in total. The zero-order chi connectivity index (χ0) is 15.0. The summed E-state index contributed by atoms with van der Waals surface area (Å²) in [6.45, 7) is 1.76. The van der Waals surface area contributed by atoms with Crippen LogP contribution in [0, 0.1) is 6.92 Å². The Hall–Kier alpha value is -2.41. The first kappa shape index (κ1) is 13.6. The minimum atomic E-state index is -0.115. The molecule has 0 N–H and O–H groups in total. The first-order valence-electron chi connectivity index (χ1n) is 6.22. The fourth-order valence-corrected chi connectivity index (χ4v) is 3.01. The maximum Gasteiger partial charge on any atom is 0.275 e. The van der Waals surface area contributed by atoms with E-state index in [2.05, 4.69) is 10.2 Å². The highest BCUT2D eigenvalue weighted by Crippen LogP contribution is 2.25. The molecular formula is C14H13N3O3S. The molecule has 0 fully saturated rings. The van der Waals surface area contributed by atoms with Gasteiger partial charge in [-0.25, -0.2) is 4.40 Å². The second-order valence-corrected chi connectivity index (χ2v) is 5.40. The van der Waals surface area contributed by atoms with Crippen LogP contribution in [0.5, 0.6) is 11.5 Å². The molecule has 1 aromatic carbocycles. The van der Waals surface area contributed by atoms with Crippen LogP contribution in [0.4, 0.5) is 0 Å². The third-order valence-corrected chi connectivity index (χ3v) is 4.10. The Balaban J connectivity index is 2.20. The van der Waals surface area contributed by atoms with Gasteiger partial charge in [-0.1, -0.05) is 11.3 Å². The highest BCUT2D eigenvalue weighted by atomic mass is 32.1. The van der Waals surface area contributed by atoms with Gasteiger partial charge in [0.2, 0.25) is 4.96 Å². The number of aryl methyl sites for hydroxylation is 1. The third kappa shape index (κ3) is 2.25. The van der Waals surface area contributed by atoms with Gasteiger partial charge in [0.1, 0.15) is 17.3 Å². The van der Waals surface area contributed by atoms with Crippen molar-refractivity contribution >= 4 is 22.4 Å². The Kier molecular flexibility index (Phi) is 3.34. The molecule has 2 aromatic heterocycles. The van der Waals surface area contributed by atoms with Crippen molar-refractivity contribution < 1.29 is 9.47 Å². The summed E-state index contributed by atoms with van der Waals surface area (Å²) in [6, 6.07) is 5.46. The van der Waals surface area contributed by atoms with Gasteiger partial charge in [-0.15, -0.1) is 10.2 Å². The van der Waals surface area contributed by atoms with Crippen LogP contribution in [0.15, 0.2) is 23.0 Å². The molecule has 21 heavy (non-hydrogen) atoms. The summed E-state index contributed by atoms with van der Waals surface area (Å²) < 4.78 is 12.6. The average molecular weight is 303 g/mol. The van der Waals surface area contributed by atoms with E-state index in [-0.39, 0.29) is 5.56 Å². The second-order valence-electron chi connectivity index (χ2n) is 4.39. The van der Waals surface area contributed by atoms with E-state index in [1.165, 1.54) is 15.7 Å². The van der Waals surface area contributed by atoms with E-state index in [9.17, 15) is 4.79 Å². The maximum absolute atomic E-state index is 12.3. The Bertz CT molecular complexity index is 914. The lowest BCUT2D eigenvalue weighted by Gasteiger charge is -2.06. The molecule has 0 saturated carbocycles. The highest BCUT2D eigenvalue weighted by molar-refractivity contribution is 7.15. The fraction of sp³-hybridized carbons (Fsp3) is 0.214. The van der Waals surface area contributed by atoms with E-state index in [0.29, 0.717) is 26.8 Å². The normalized spacial score (nSPS) is 12.0. The molecule has 7 heteroatoms. The summed E-state index contributed by atoms with van der Waals surface area (Å²) in [4.78, 5) is 12.9. The lowest BCUT2D eigenvalue weighted by atomic mass is 10.2. The topological polar surface area (TPSA) is 65.7 Å². The van der Waals surface area contributed by atoms with Gasteiger partial charge in [-0.3, -0.25) is 4.79 Å². The molecule has 0 amide bonds. The molecule has 0 radical (unpaired) electrons. The Morgan fingerprint density at radius 3 is 2.71 bits per heavy atom. The molecule has 0 spiro atoms. The van der Waals surface area contributed by atoms with Gasteiger partial charge in [0.15, 0.2) is 0 Å². The average Bonchev–Trinajstić information content (AvgIpc) is 3.01. The number of hydrogen-bond acceptors (Lipinski definition) is 6. The van der Waals surface area contributed by atoms with Crippen LogP contribution in [0.1, 0.15) is 11.4 Å². The molecule has 0 bridgehead atoms. The first-order chi connectivity index (χ1) is 10.1. The predicted molar refractivity (Wildman–Crippen MR) is 80.2 cm³/mol. The van der Waals surface area contributed by atoms with Gasteiger partial charge in [0, 0.05) is 11.6 Å². The number of methoxy groups -OCH3 is 2. The molecule has 3 rings (SSSR count). The summed E-state index contributed by atoms with van der Waals surface area (Å²) in [5, 5.41) is 7.86. The number of fused-ring (bicyclic) bond motifs is 1. The summed E-state index contributed by atoms with van der Waals surface area (Å²) in [7, 11) is 3.18. The Morgan fingerprint density at radius 2 is 2.05 bits per heavy atom. The third-order valence-electron chi connectivity index (χ3n) is 3.14. The zero-order valence-electron chi connectivity index (χ0n) is 11.8. The number of aromatic nitrogens is 3. The quantitative estimate of drug-likeness (QED) is 0.723. The molecule has 0 saturated heterocycles. The summed E-state index contributed by atoms with van der Waals surface area (Å²) in [5.74, 6) is 1.94. The summed E-state index contributed by atoms with van der Waals surface area (Å²) in [5.41, 5.74) is 0.695. The van der Waals surface area contributed by atoms with Crippen LogP contribution in [-0.4, -0.2) is 28.8 Å². The molecule has 0 aliphatic heterocycles. The predicted octanol–water partition coefficient (Wildman–Crippen LogP) is 1.02. The molecule has 3 aromatic rings. The number of benzene rings is 1. The highest BCUT2D eigenvalue weighted by Gasteiger charge is 2.10. The van der Waals surface area contributed by atoms with Crippen molar-refractivity contribution in [2.24, 2.45) is 0 Å². The van der Waals surface area contributed by atoms with Crippen LogP contribution in [0.2, 0.25) is 0 Å². The maximum atomic E-state index is 12.3. The van der Waals surface area contributed by atoms with E-state index < -0.39 is 0 Å². The number of hydrogen-bond donors (Lipinski definition) is 0. The van der Waals surface area contributed by atoms with Crippen LogP contribution in [-0.2, 0) is 0 Å². The lowest BCUT2D eigenvalue weighted by molar-refractivity contribution is 0.393. The largest absolute Gasteiger partial charge is 0.497 e. The van der Waals surface area contributed by atoms with Gasteiger partial charge in [0.05, 0.1) is 18.8 Å². The van der Waals surface area contributed by atoms with Crippen molar-refractivity contribution in [1.82, 2.24) is 14.6 Å². The molecule has 0 aliphatic carbocycles. The fourth-order valence-electron chi connectivity index (χ4n) is 2.07. The Morgan fingerprint density at radius 1 is 1.24 bits per heavy atom. The van der Waals surface area contributed by atoms with Crippen molar-refractivity contribution in [3.05, 3.63) is 44.5 Å². The van der Waals surface area contributed by atoms with E-state index in [1.807, 2.05) is 12.1 Å². The molecule has 0 atom stereocenters. The molecular weight excluding hydrogens is 290 g/mol. The van der Waals surface area contributed by atoms with Crippen LogP contribution in [0.3, 0.4) is 0 Å². The summed E-state index contributed by atoms with van der Waals surface area (Å²) in [6.07, 6.45) is 1.79. The van der Waals surface area contributed by atoms with Crippen LogP contribution in [0.25, 0.3) is 11.0 Å². The van der Waals surface area contributed by atoms with Crippen molar-refractivity contribution in [2.75, 3.05) is 14.2 Å². The van der Waals surface area contributed by atoms with Crippen LogP contribution < -0.4 is 19.6 Å². The van der Waals surface area contributed by atoms with Gasteiger partial charge in [0.25, 0.3) is 5.56 Å². The van der Waals surface area contributed by atoms with Gasteiger partial charge < -0.3 is 9.47 Å². The van der Waals surface area contributed by atoms with Crippen molar-refractivity contribution in [3.8, 4) is 11.5 Å². The Labute approximate surface area is 124 Å². The standard InChI is InChI=1S/C14H13N3O3S/c1-8-15-16-14-17(8)13(18)12(21-14)6-9-4-5-10(19-2)7-11(9)20-3/h4-7H,1-3H3/b12-6-. The molecule has 108 valence electrons. The molecule has 0 unspecified atom stereocenters. The van der Waals surface area contributed by atoms with Crippen molar-refractivity contribution in [1.29, 1.82) is 0 Å². The van der Waals surface area contributed by atoms with Gasteiger partial charge in [-0.05, 0) is 25.1 Å². The smallest absolute Gasteiger partial charge is 0.275 e. The molecule has 0 aliphatic rings. The van der Waals surface area contributed by atoms with Crippen LogP contribution >= 0.6 is 11.3 Å². The first-order valence-corrected chi connectivity index (χ1v) is 7.04. The van der Waals surface area contributed by atoms with Gasteiger partial charge in [-0.2, -0.15) is 0 Å². The monoisotopic (exact) mass is 303 g/mol. The van der Waals surface area contributed by atoms with E-state index in [1.54, 1.807) is 33.3 Å². The number of thiazole rings is 1. The van der Waals surface area contributed by atoms with E-state index >= 15 is 0 Å². The van der Waals surface area contributed by atoms with Crippen molar-refractivity contribution in [2.45, 2.75) is 6.92 Å². The number of nitrogens with zero attached hydrogens (tertiary/aromatic N) is 3. The van der Waals surface area contributed by atoms with Gasteiger partial charge >= 0.3 is 0 Å². The number of ether oxygens (including phenoxy) is 2. The minimum absolute atomic E-state index is 0.115. The van der Waals surface area contributed by atoms with E-state index in [4.69, 9.17) is 9.47 Å².